The molecule has 8 heteroatoms. The van der Waals surface area contributed by atoms with Crippen LogP contribution in [0.5, 0.6) is 0 Å². The molecule has 4 heterocycles. The Kier molecular flexibility index (Phi) is 5.85. The molecule has 1 aliphatic heterocycles. The number of hydrogen-bond donors (Lipinski definition) is 3. The number of carbonyl (C=O) groups excluding carboxylic acids is 2. The maximum atomic E-state index is 12.7. The number of carbonyl (C=O) groups is 2. The van der Waals surface area contributed by atoms with E-state index < -0.39 is 0 Å². The molecule has 0 spiro atoms. The lowest BCUT2D eigenvalue weighted by Gasteiger charge is -2.14. The molecule has 3 aromatic heterocycles. The Morgan fingerprint density at radius 1 is 1.16 bits per heavy atom. The maximum Gasteiger partial charge on any atom is 0.272 e. The number of aromatic nitrogens is 3. The van der Waals surface area contributed by atoms with Gasteiger partial charge in [-0.05, 0) is 62.1 Å². The summed E-state index contributed by atoms with van der Waals surface area (Å²) in [5.74, 6) is -0.345. The van der Waals surface area contributed by atoms with Crippen LogP contribution in [-0.4, -0.2) is 50.3 Å². The van der Waals surface area contributed by atoms with E-state index in [1.54, 1.807) is 32.3 Å². The van der Waals surface area contributed by atoms with Gasteiger partial charge >= 0.3 is 0 Å². The quantitative estimate of drug-likeness (QED) is 0.517. The number of nitrogens with zero attached hydrogens (tertiary/aromatic N) is 3. The van der Waals surface area contributed by atoms with Gasteiger partial charge in [-0.15, -0.1) is 0 Å². The van der Waals surface area contributed by atoms with Crippen LogP contribution in [0.3, 0.4) is 0 Å². The highest BCUT2D eigenvalue weighted by Gasteiger charge is 2.21. The van der Waals surface area contributed by atoms with Crippen LogP contribution in [0.2, 0.25) is 0 Å². The van der Waals surface area contributed by atoms with E-state index in [9.17, 15) is 9.59 Å². The summed E-state index contributed by atoms with van der Waals surface area (Å²) in [4.78, 5) is 38.9. The number of aromatic amines is 1. The van der Waals surface area contributed by atoms with Crippen LogP contribution >= 0.6 is 0 Å². The zero-order chi connectivity index (χ0) is 22.8. The fourth-order valence-corrected chi connectivity index (χ4v) is 3.79. The number of likely N-dealkylation sites (tertiary alicyclic amines) is 1. The number of nitrogens with two attached hydrogens (primary N) is 1. The first-order valence-electron chi connectivity index (χ1n) is 10.6. The van der Waals surface area contributed by atoms with E-state index >= 15 is 0 Å². The molecule has 1 fully saturated rings. The number of fused-ring (bicyclic) bond motifs is 1. The van der Waals surface area contributed by atoms with Gasteiger partial charge in [0.15, 0.2) is 5.78 Å². The SMILES string of the molecule is C/C(N)=C(\C)C(=N)C(=O)Cc1cnc2[nH]c(-c3ccnc(C(=O)N4CCCC4)c3)cc2c1. The summed E-state index contributed by atoms with van der Waals surface area (Å²) < 4.78 is 0. The Balaban J connectivity index is 1.56. The van der Waals surface area contributed by atoms with Gasteiger partial charge in [0, 0.05) is 54.2 Å². The van der Waals surface area contributed by atoms with Crippen LogP contribution in [0.1, 0.15) is 42.7 Å². The minimum atomic E-state index is -0.302. The Morgan fingerprint density at radius 3 is 2.62 bits per heavy atom. The fourth-order valence-electron chi connectivity index (χ4n) is 3.79. The van der Waals surface area contributed by atoms with E-state index in [0.717, 1.165) is 48.1 Å². The van der Waals surface area contributed by atoms with Crippen molar-refractivity contribution in [3.8, 4) is 11.3 Å². The van der Waals surface area contributed by atoms with Crippen molar-refractivity contribution in [2.24, 2.45) is 5.73 Å². The molecule has 0 saturated carbocycles. The lowest BCUT2D eigenvalue weighted by Crippen LogP contribution is -2.28. The molecule has 1 aliphatic rings. The van der Waals surface area contributed by atoms with Gasteiger partial charge in [-0.1, -0.05) is 0 Å². The van der Waals surface area contributed by atoms with Gasteiger partial charge in [-0.3, -0.25) is 20.0 Å². The highest BCUT2D eigenvalue weighted by Crippen LogP contribution is 2.25. The Hall–Kier alpha value is -3.81. The molecule has 8 nitrogen and oxygen atoms in total. The molecule has 0 atom stereocenters. The van der Waals surface area contributed by atoms with E-state index in [1.807, 2.05) is 23.1 Å². The summed E-state index contributed by atoms with van der Waals surface area (Å²) in [6, 6.07) is 7.47. The summed E-state index contributed by atoms with van der Waals surface area (Å²) in [5, 5.41) is 8.88. The van der Waals surface area contributed by atoms with Gasteiger partial charge in [-0.25, -0.2) is 4.98 Å². The lowest BCUT2D eigenvalue weighted by molar-refractivity contribution is -0.112. The number of H-pyrrole nitrogens is 1. The summed E-state index contributed by atoms with van der Waals surface area (Å²) in [6.45, 7) is 4.91. The number of nitrogens with one attached hydrogen (secondary N) is 2. The number of hydrogen-bond acceptors (Lipinski definition) is 6. The summed E-state index contributed by atoms with van der Waals surface area (Å²) in [7, 11) is 0. The van der Waals surface area contributed by atoms with Crippen molar-refractivity contribution in [2.45, 2.75) is 33.1 Å². The molecule has 3 aromatic rings. The number of pyridine rings is 2. The molecule has 4 rings (SSSR count). The van der Waals surface area contributed by atoms with Crippen molar-refractivity contribution in [3.05, 3.63) is 59.2 Å². The van der Waals surface area contributed by atoms with Gasteiger partial charge in [0.1, 0.15) is 17.1 Å². The monoisotopic (exact) mass is 430 g/mol. The van der Waals surface area contributed by atoms with E-state index in [1.165, 1.54) is 0 Å². The standard InChI is InChI=1S/C24H26N6O2/c1-14(15(2)25)22(26)21(31)10-16-9-18-12-19(29-23(18)28-13-16)17-5-6-27-20(11-17)24(32)30-7-3-4-8-30/h5-6,9,11-13,26H,3-4,7-8,10,25H2,1-2H3,(H,28,29)/b15-14-,26-22?. The minimum absolute atomic E-state index is 0.0427. The molecule has 4 N–H and O–H groups in total. The molecule has 0 aliphatic carbocycles. The molecule has 1 amide bonds. The minimum Gasteiger partial charge on any atom is -0.402 e. The van der Waals surface area contributed by atoms with Gasteiger partial charge in [0.05, 0.1) is 0 Å². The number of Topliss-reactive ketones (excluding diaryl/α,β-unsaturated/α-hetero) is 1. The zero-order valence-electron chi connectivity index (χ0n) is 18.2. The van der Waals surface area contributed by atoms with Gasteiger partial charge in [0.2, 0.25) is 0 Å². The van der Waals surface area contributed by atoms with Crippen molar-refractivity contribution < 1.29 is 9.59 Å². The summed E-state index contributed by atoms with van der Waals surface area (Å²) >= 11 is 0. The van der Waals surface area contributed by atoms with Crippen LogP contribution in [0, 0.1) is 5.41 Å². The third kappa shape index (κ3) is 4.30. The topological polar surface area (TPSA) is 129 Å². The molecule has 0 aromatic carbocycles. The normalized spacial score (nSPS) is 14.5. The number of allylic oxidation sites excluding steroid dienone is 2. The van der Waals surface area contributed by atoms with E-state index in [2.05, 4.69) is 15.0 Å². The van der Waals surface area contributed by atoms with Crippen molar-refractivity contribution in [2.75, 3.05) is 13.1 Å². The van der Waals surface area contributed by atoms with Gasteiger partial charge in [-0.2, -0.15) is 0 Å². The number of rotatable bonds is 6. The molecule has 0 radical (unpaired) electrons. The van der Waals surface area contributed by atoms with Crippen LogP contribution in [-0.2, 0) is 11.2 Å². The zero-order valence-corrected chi connectivity index (χ0v) is 18.2. The van der Waals surface area contributed by atoms with Crippen LogP contribution < -0.4 is 5.73 Å². The van der Waals surface area contributed by atoms with Crippen LogP contribution in [0.4, 0.5) is 0 Å². The third-order valence-corrected chi connectivity index (χ3v) is 5.82. The predicted octanol–water partition coefficient (Wildman–Crippen LogP) is 3.24. The first-order valence-corrected chi connectivity index (χ1v) is 10.6. The largest absolute Gasteiger partial charge is 0.402 e. The second-order valence-electron chi connectivity index (χ2n) is 8.18. The second kappa shape index (κ2) is 8.74. The van der Waals surface area contributed by atoms with E-state index in [4.69, 9.17) is 11.1 Å². The van der Waals surface area contributed by atoms with Crippen molar-refractivity contribution >= 4 is 28.4 Å². The fraction of sp³-hybridized carbons (Fsp3) is 0.292. The molecule has 0 bridgehead atoms. The highest BCUT2D eigenvalue weighted by atomic mass is 16.2. The summed E-state index contributed by atoms with van der Waals surface area (Å²) in [6.07, 6.45) is 5.42. The highest BCUT2D eigenvalue weighted by molar-refractivity contribution is 6.45. The van der Waals surface area contributed by atoms with E-state index in [-0.39, 0.29) is 23.8 Å². The molecule has 164 valence electrons. The third-order valence-electron chi connectivity index (χ3n) is 5.82. The van der Waals surface area contributed by atoms with E-state index in [0.29, 0.717) is 22.6 Å². The summed E-state index contributed by atoms with van der Waals surface area (Å²) in [5.41, 5.74) is 10.1. The number of ketones is 1. The average Bonchev–Trinajstić information content (AvgIpc) is 3.47. The van der Waals surface area contributed by atoms with Crippen LogP contribution in [0.15, 0.2) is 47.9 Å². The van der Waals surface area contributed by atoms with Crippen molar-refractivity contribution in [1.82, 2.24) is 19.9 Å². The van der Waals surface area contributed by atoms with Crippen molar-refractivity contribution in [1.29, 1.82) is 5.41 Å². The molecule has 1 saturated heterocycles. The number of amides is 1. The molecule has 0 unspecified atom stereocenters. The molecular weight excluding hydrogens is 404 g/mol. The average molecular weight is 431 g/mol. The molecule has 32 heavy (non-hydrogen) atoms. The second-order valence-corrected chi connectivity index (χ2v) is 8.18. The van der Waals surface area contributed by atoms with Crippen LogP contribution in [0.25, 0.3) is 22.3 Å². The maximum absolute atomic E-state index is 12.7. The Labute approximate surface area is 186 Å². The smallest absolute Gasteiger partial charge is 0.272 e. The van der Waals surface area contributed by atoms with Gasteiger partial charge in [0.25, 0.3) is 5.91 Å². The molecular formula is C24H26N6O2. The van der Waals surface area contributed by atoms with Crippen molar-refractivity contribution in [3.63, 3.8) is 0 Å². The Bertz CT molecular complexity index is 1250. The lowest BCUT2D eigenvalue weighted by atomic mass is 10.0. The predicted molar refractivity (Wildman–Crippen MR) is 123 cm³/mol. The first kappa shape index (κ1) is 21.4. The Morgan fingerprint density at radius 2 is 1.91 bits per heavy atom. The first-order chi connectivity index (χ1) is 15.3. The van der Waals surface area contributed by atoms with Gasteiger partial charge < -0.3 is 15.6 Å².